The number of hydrogen-bond donors (Lipinski definition) is 0. The number of carbonyl (C=O) groups excluding carboxylic acids is 3. The van der Waals surface area contributed by atoms with Gasteiger partial charge in [-0.1, -0.05) is 0 Å². The van der Waals surface area contributed by atoms with Gasteiger partial charge in [-0.15, -0.1) is 11.8 Å². The third-order valence-corrected chi connectivity index (χ3v) is 7.63. The lowest BCUT2D eigenvalue weighted by molar-refractivity contribution is -0.186. The maximum absolute atomic E-state index is 13.2. The number of esters is 3. The topological polar surface area (TPSA) is 135 Å². The van der Waals surface area contributed by atoms with E-state index in [1.165, 1.54) is 19.2 Å². The smallest absolute Gasteiger partial charge is 0.303 e. The molecule has 2 heterocycles. The predicted molar refractivity (Wildman–Crippen MR) is 120 cm³/mol. The zero-order valence-corrected chi connectivity index (χ0v) is 20.5. The number of pyridine rings is 1. The van der Waals surface area contributed by atoms with Gasteiger partial charge in [0.1, 0.15) is 11.6 Å². The summed E-state index contributed by atoms with van der Waals surface area (Å²) in [7, 11) is -4.03. The Morgan fingerprint density at radius 3 is 2.11 bits per heavy atom. The molecule has 0 bridgehead atoms. The van der Waals surface area contributed by atoms with Crippen molar-refractivity contribution in [1.29, 1.82) is 0 Å². The summed E-state index contributed by atoms with van der Waals surface area (Å²) in [6.07, 6.45) is -0.883. The summed E-state index contributed by atoms with van der Waals surface area (Å²) in [6.45, 7) is 3.50. The lowest BCUT2D eigenvalue weighted by Gasteiger charge is -2.39. The van der Waals surface area contributed by atoms with Gasteiger partial charge in [-0.05, 0) is 24.3 Å². The molecule has 1 aromatic heterocycles. The second-order valence-corrected chi connectivity index (χ2v) is 10.5. The van der Waals surface area contributed by atoms with E-state index in [0.29, 0.717) is 0 Å². The molecule has 4 atom stereocenters. The molecule has 0 radical (unpaired) electrons. The van der Waals surface area contributed by atoms with E-state index in [9.17, 15) is 27.2 Å². The third-order valence-electron chi connectivity index (χ3n) is 4.68. The van der Waals surface area contributed by atoms with Crippen molar-refractivity contribution in [3.05, 3.63) is 48.5 Å². The number of halogens is 1. The maximum atomic E-state index is 13.2. The van der Waals surface area contributed by atoms with E-state index in [2.05, 4.69) is 4.98 Å². The molecule has 0 aliphatic carbocycles. The molecule has 188 valence electrons. The lowest BCUT2D eigenvalue weighted by Crippen LogP contribution is -2.55. The molecule has 1 aromatic carbocycles. The molecule has 1 aliphatic rings. The first-order chi connectivity index (χ1) is 16.5. The van der Waals surface area contributed by atoms with Crippen LogP contribution in [0.1, 0.15) is 20.8 Å². The van der Waals surface area contributed by atoms with E-state index >= 15 is 0 Å². The fourth-order valence-corrected chi connectivity index (χ4v) is 5.76. The van der Waals surface area contributed by atoms with Gasteiger partial charge in [0.25, 0.3) is 0 Å². The SMILES string of the molecule is CC(=O)O[C@@H]1[C@@H](OC(C)=O)[C@H](OC(C)=O)CS[C@H]1Oc1cncc(S(=O)(=O)c2ccc(F)cc2)c1. The van der Waals surface area contributed by atoms with Crippen molar-refractivity contribution >= 4 is 39.5 Å². The van der Waals surface area contributed by atoms with E-state index < -0.39 is 57.3 Å². The minimum absolute atomic E-state index is 0.0235. The van der Waals surface area contributed by atoms with Crippen molar-refractivity contribution in [2.75, 3.05) is 5.75 Å². The summed E-state index contributed by atoms with van der Waals surface area (Å²) in [5.74, 6) is -2.42. The van der Waals surface area contributed by atoms with Crippen LogP contribution in [0, 0.1) is 5.82 Å². The first-order valence-electron chi connectivity index (χ1n) is 10.2. The number of sulfone groups is 1. The summed E-state index contributed by atoms with van der Waals surface area (Å²) in [4.78, 5) is 38.6. The van der Waals surface area contributed by atoms with E-state index in [1.807, 2.05) is 0 Å². The van der Waals surface area contributed by atoms with Crippen LogP contribution >= 0.6 is 11.8 Å². The van der Waals surface area contributed by atoms with Crippen LogP contribution in [0.25, 0.3) is 0 Å². The average Bonchev–Trinajstić information content (AvgIpc) is 2.77. The molecule has 0 unspecified atom stereocenters. The standard InChI is InChI=1S/C22H22FNO9S2/c1-12(25)30-19-11-34-22(21(32-14(3)27)20(19)31-13(2)26)33-16-8-18(10-24-9-16)35(28,29)17-6-4-15(23)5-7-17/h4-10,19-22H,11H2,1-3H3/t19-,20+,21-,22-/m1/s1. The van der Waals surface area contributed by atoms with Gasteiger partial charge in [0, 0.05) is 38.8 Å². The number of benzene rings is 1. The van der Waals surface area contributed by atoms with Gasteiger partial charge < -0.3 is 18.9 Å². The summed E-state index contributed by atoms with van der Waals surface area (Å²) < 4.78 is 60.8. The number of rotatable bonds is 7. The molecule has 2 aromatic rings. The molecule has 3 rings (SSSR count). The van der Waals surface area contributed by atoms with Crippen molar-refractivity contribution in [3.63, 3.8) is 0 Å². The van der Waals surface area contributed by atoms with Gasteiger partial charge in [-0.2, -0.15) is 0 Å². The van der Waals surface area contributed by atoms with Crippen LogP contribution in [-0.2, 0) is 38.4 Å². The lowest BCUT2D eigenvalue weighted by atomic mass is 10.1. The highest BCUT2D eigenvalue weighted by atomic mass is 32.2. The molecule has 10 nitrogen and oxygen atoms in total. The Hall–Kier alpha value is -3.19. The maximum Gasteiger partial charge on any atom is 0.303 e. The summed E-state index contributed by atoms with van der Waals surface area (Å²) in [5, 5.41) is 0. The zero-order chi connectivity index (χ0) is 25.8. The van der Waals surface area contributed by atoms with E-state index in [0.717, 1.165) is 56.1 Å². The number of carbonyl (C=O) groups is 3. The van der Waals surface area contributed by atoms with Gasteiger partial charge in [-0.3, -0.25) is 19.4 Å². The number of nitrogens with zero attached hydrogens (tertiary/aromatic N) is 1. The minimum atomic E-state index is -4.03. The number of ether oxygens (including phenoxy) is 4. The van der Waals surface area contributed by atoms with Crippen molar-refractivity contribution in [1.82, 2.24) is 4.98 Å². The van der Waals surface area contributed by atoms with Crippen molar-refractivity contribution in [2.45, 2.75) is 54.3 Å². The first kappa shape index (κ1) is 26.4. The second-order valence-electron chi connectivity index (χ2n) is 7.43. The Labute approximate surface area is 205 Å². The van der Waals surface area contributed by atoms with Gasteiger partial charge >= 0.3 is 17.9 Å². The van der Waals surface area contributed by atoms with E-state index in [4.69, 9.17) is 18.9 Å². The third kappa shape index (κ3) is 6.69. The largest absolute Gasteiger partial charge is 0.474 e. The Morgan fingerprint density at radius 2 is 1.51 bits per heavy atom. The van der Waals surface area contributed by atoms with Crippen LogP contribution in [0.5, 0.6) is 5.75 Å². The fourth-order valence-electron chi connectivity index (χ4n) is 3.30. The number of hydrogen-bond acceptors (Lipinski definition) is 11. The van der Waals surface area contributed by atoms with Crippen molar-refractivity contribution < 1.29 is 46.1 Å². The van der Waals surface area contributed by atoms with Gasteiger partial charge in [-0.25, -0.2) is 12.8 Å². The average molecular weight is 528 g/mol. The van der Waals surface area contributed by atoms with Crippen LogP contribution in [0.15, 0.2) is 52.5 Å². The van der Waals surface area contributed by atoms with Crippen LogP contribution in [-0.4, -0.2) is 60.8 Å². The number of thioether (sulfide) groups is 1. The summed E-state index contributed by atoms with van der Waals surface area (Å²) >= 11 is 1.11. The molecule has 1 saturated heterocycles. The van der Waals surface area contributed by atoms with Gasteiger partial charge in [0.2, 0.25) is 9.84 Å². The van der Waals surface area contributed by atoms with E-state index in [-0.39, 0.29) is 21.3 Å². The van der Waals surface area contributed by atoms with Crippen LogP contribution in [0.2, 0.25) is 0 Å². The molecular weight excluding hydrogens is 505 g/mol. The molecule has 1 aliphatic heterocycles. The highest BCUT2D eigenvalue weighted by Gasteiger charge is 2.47. The zero-order valence-electron chi connectivity index (χ0n) is 18.9. The van der Waals surface area contributed by atoms with Crippen LogP contribution < -0.4 is 4.74 Å². The van der Waals surface area contributed by atoms with Gasteiger partial charge in [0.05, 0.1) is 16.0 Å². The Balaban J connectivity index is 1.90. The Morgan fingerprint density at radius 1 is 0.914 bits per heavy atom. The second kappa shape index (κ2) is 11.0. The first-order valence-corrected chi connectivity index (χ1v) is 12.8. The normalized spacial score (nSPS) is 22.1. The Kier molecular flexibility index (Phi) is 8.33. The van der Waals surface area contributed by atoms with Crippen molar-refractivity contribution in [2.24, 2.45) is 0 Å². The van der Waals surface area contributed by atoms with Crippen LogP contribution in [0.4, 0.5) is 4.39 Å². The predicted octanol–water partition coefficient (Wildman–Crippen LogP) is 2.30. The molecule has 35 heavy (non-hydrogen) atoms. The Bertz CT molecular complexity index is 1200. The molecule has 1 fully saturated rings. The highest BCUT2D eigenvalue weighted by molar-refractivity contribution is 7.99. The van der Waals surface area contributed by atoms with E-state index in [1.54, 1.807) is 0 Å². The van der Waals surface area contributed by atoms with Crippen LogP contribution in [0.3, 0.4) is 0 Å². The highest BCUT2D eigenvalue weighted by Crippen LogP contribution is 2.35. The molecule has 0 N–H and O–H groups in total. The number of aromatic nitrogens is 1. The summed E-state index contributed by atoms with van der Waals surface area (Å²) in [6, 6.07) is 5.53. The molecular formula is C22H22FNO9S2. The molecule has 0 amide bonds. The monoisotopic (exact) mass is 527 g/mol. The quantitative estimate of drug-likeness (QED) is 0.298. The molecule has 0 saturated carbocycles. The molecule has 0 spiro atoms. The minimum Gasteiger partial charge on any atom is -0.474 e. The fraction of sp³-hybridized carbons (Fsp3) is 0.364. The van der Waals surface area contributed by atoms with Gasteiger partial charge in [0.15, 0.2) is 23.7 Å². The summed E-state index contributed by atoms with van der Waals surface area (Å²) in [5.41, 5.74) is -0.958. The molecule has 13 heteroatoms. The van der Waals surface area contributed by atoms with Crippen molar-refractivity contribution in [3.8, 4) is 5.75 Å².